The lowest BCUT2D eigenvalue weighted by Gasteiger charge is -2.40. The number of fused-ring (bicyclic) bond motifs is 4. The number of hydrogen-bond donors (Lipinski definition) is 1. The van der Waals surface area contributed by atoms with Crippen LogP contribution in [0.4, 0.5) is 0 Å². The minimum atomic E-state index is -1.53. The third kappa shape index (κ3) is 6.40. The molecule has 5 atom stereocenters. The number of esters is 5. The van der Waals surface area contributed by atoms with E-state index in [0.29, 0.717) is 5.75 Å². The highest BCUT2D eigenvalue weighted by Crippen LogP contribution is 2.38. The number of carbonyl (C=O) groups is 5. The Balaban J connectivity index is 0.00000480. The van der Waals surface area contributed by atoms with Crippen molar-refractivity contribution in [2.24, 2.45) is 0 Å². The molecule has 3 heterocycles. The number of hydrogen-bond acceptors (Lipinski definition) is 11. The van der Waals surface area contributed by atoms with Crippen LogP contribution in [-0.4, -0.2) is 66.4 Å². The number of carbonyl (C=O) groups excluding carboxylic acids is 5. The molecule has 1 N–H and O–H groups in total. The van der Waals surface area contributed by atoms with Crippen LogP contribution >= 0.6 is 0 Å². The van der Waals surface area contributed by atoms with E-state index < -0.39 is 60.5 Å². The van der Waals surface area contributed by atoms with Gasteiger partial charge < -0.3 is 45.6 Å². The molecule has 1 fully saturated rings. The van der Waals surface area contributed by atoms with Gasteiger partial charge in [-0.1, -0.05) is 0 Å². The average Bonchev–Trinajstić information content (AvgIpc) is 3.35. The molecular weight excluding hydrogens is 668 g/mol. The third-order valence-electron chi connectivity index (χ3n) is 7.72. The van der Waals surface area contributed by atoms with Crippen molar-refractivity contribution in [1.29, 1.82) is 0 Å². The summed E-state index contributed by atoms with van der Waals surface area (Å²) in [6, 6.07) is 7.21. The van der Waals surface area contributed by atoms with Crippen LogP contribution in [0, 0.1) is 13.8 Å². The largest absolute Gasteiger partial charge is 1.00 e. The number of methoxy groups -OCH3 is 1. The average molecular weight is 702 g/mol. The van der Waals surface area contributed by atoms with Gasteiger partial charge in [0.2, 0.25) is 12.2 Å². The normalized spacial score (nSPS) is 20.9. The van der Waals surface area contributed by atoms with Crippen LogP contribution < -0.4 is 26.3 Å². The van der Waals surface area contributed by atoms with Crippen molar-refractivity contribution in [1.82, 2.24) is 4.98 Å². The van der Waals surface area contributed by atoms with E-state index in [1.807, 2.05) is 26.0 Å². The maximum Gasteiger partial charge on any atom is 0.339 e. The third-order valence-corrected chi connectivity index (χ3v) is 7.72. The van der Waals surface area contributed by atoms with Crippen LogP contribution in [-0.2, 0) is 47.7 Å². The van der Waals surface area contributed by atoms with E-state index in [1.165, 1.54) is 13.8 Å². The van der Waals surface area contributed by atoms with Crippen molar-refractivity contribution >= 4 is 62.4 Å². The molecular formula is C32H33BrN2O11. The minimum Gasteiger partial charge on any atom is -1.00 e. The molecule has 0 bridgehead atoms. The van der Waals surface area contributed by atoms with Crippen LogP contribution in [0.15, 0.2) is 36.7 Å². The van der Waals surface area contributed by atoms with Crippen molar-refractivity contribution in [3.63, 3.8) is 0 Å². The summed E-state index contributed by atoms with van der Waals surface area (Å²) in [7, 11) is 1.14. The molecule has 14 heteroatoms. The van der Waals surface area contributed by atoms with Crippen LogP contribution in [0.3, 0.4) is 0 Å². The summed E-state index contributed by atoms with van der Waals surface area (Å²) >= 11 is 0. The van der Waals surface area contributed by atoms with Gasteiger partial charge in [-0.15, -0.1) is 0 Å². The van der Waals surface area contributed by atoms with Gasteiger partial charge in [-0.3, -0.25) is 23.9 Å². The number of aromatic nitrogens is 2. The molecule has 2 aromatic carbocycles. The van der Waals surface area contributed by atoms with Crippen molar-refractivity contribution in [2.45, 2.75) is 72.2 Å². The Labute approximate surface area is 273 Å². The highest BCUT2D eigenvalue weighted by molar-refractivity contribution is 6.16. The predicted octanol–water partition coefficient (Wildman–Crippen LogP) is 0.173. The zero-order valence-electron chi connectivity index (χ0n) is 26.2. The highest BCUT2D eigenvalue weighted by atomic mass is 79.9. The van der Waals surface area contributed by atoms with Gasteiger partial charge in [0.25, 0.3) is 0 Å². The Morgan fingerprint density at radius 3 is 2.02 bits per heavy atom. The number of nitrogens with zero attached hydrogens (tertiary/aromatic N) is 1. The number of pyridine rings is 1. The first-order valence-corrected chi connectivity index (χ1v) is 14.1. The topological polar surface area (TPSA) is 160 Å². The molecule has 4 aromatic rings. The number of rotatable bonds is 6. The van der Waals surface area contributed by atoms with Crippen LogP contribution in [0.5, 0.6) is 5.75 Å². The van der Waals surface area contributed by atoms with Crippen LogP contribution in [0.1, 0.15) is 45.0 Å². The Morgan fingerprint density at radius 1 is 0.783 bits per heavy atom. The Hall–Kier alpha value is -4.56. The Morgan fingerprint density at radius 2 is 1.41 bits per heavy atom. The summed E-state index contributed by atoms with van der Waals surface area (Å²) in [5.41, 5.74) is 3.58. The lowest BCUT2D eigenvalue weighted by atomic mass is 9.95. The van der Waals surface area contributed by atoms with Crippen molar-refractivity contribution in [3.8, 4) is 5.75 Å². The molecule has 2 aromatic heterocycles. The van der Waals surface area contributed by atoms with E-state index >= 15 is 0 Å². The van der Waals surface area contributed by atoms with E-state index in [2.05, 4.69) is 4.98 Å². The first-order chi connectivity index (χ1) is 21.3. The smallest absolute Gasteiger partial charge is 0.339 e. The van der Waals surface area contributed by atoms with Gasteiger partial charge in [0.05, 0.1) is 12.6 Å². The Bertz CT molecular complexity index is 1880. The van der Waals surface area contributed by atoms with Gasteiger partial charge in [-0.2, -0.15) is 4.57 Å². The number of ether oxygens (including phenoxy) is 6. The van der Waals surface area contributed by atoms with Gasteiger partial charge in [0.15, 0.2) is 24.6 Å². The van der Waals surface area contributed by atoms with Crippen molar-refractivity contribution < 1.29 is 73.9 Å². The van der Waals surface area contributed by atoms with Crippen LogP contribution in [0.2, 0.25) is 0 Å². The van der Waals surface area contributed by atoms with E-state index in [9.17, 15) is 24.0 Å². The van der Waals surface area contributed by atoms with E-state index in [0.717, 1.165) is 64.7 Å². The van der Waals surface area contributed by atoms with Gasteiger partial charge in [-0.05, 0) is 48.6 Å². The fourth-order valence-electron chi connectivity index (χ4n) is 5.97. The summed E-state index contributed by atoms with van der Waals surface area (Å²) < 4.78 is 34.5. The fraction of sp³-hybridized carbons (Fsp3) is 0.375. The van der Waals surface area contributed by atoms with Gasteiger partial charge in [-0.25, -0.2) is 4.79 Å². The SMILES string of the molecule is COC(=O)[C@H]1O[C@@H]([n+]2ccc3c(C)c4[nH]c5ccc(OC(C)=O)cc5c4c(C)c3c2)[C@H](OC(C)=O)[C@@H](OC(C)=O)[C@@H]1OC(C)=O.[Br-]. The Kier molecular flexibility index (Phi) is 10.0. The van der Waals surface area contributed by atoms with Gasteiger partial charge in [0.1, 0.15) is 5.75 Å². The molecule has 0 saturated carbocycles. The quantitative estimate of drug-likeness (QED) is 0.126. The molecule has 1 aliphatic heterocycles. The number of aromatic amines is 1. The molecule has 244 valence electrons. The van der Waals surface area contributed by atoms with Crippen molar-refractivity contribution in [3.05, 3.63) is 47.8 Å². The maximum atomic E-state index is 12.9. The summed E-state index contributed by atoms with van der Waals surface area (Å²) in [5, 5.41) is 3.45. The lowest BCUT2D eigenvalue weighted by Crippen LogP contribution is -3.00. The molecule has 1 saturated heterocycles. The minimum absolute atomic E-state index is 0. The monoisotopic (exact) mass is 700 g/mol. The second kappa shape index (κ2) is 13.4. The van der Waals surface area contributed by atoms with Crippen LogP contribution in [0.25, 0.3) is 32.6 Å². The molecule has 46 heavy (non-hydrogen) atoms. The number of halogens is 1. The maximum absolute atomic E-state index is 12.9. The predicted molar refractivity (Wildman–Crippen MR) is 157 cm³/mol. The van der Waals surface area contributed by atoms with Crippen molar-refractivity contribution in [2.75, 3.05) is 7.11 Å². The molecule has 0 radical (unpaired) electrons. The lowest BCUT2D eigenvalue weighted by molar-refractivity contribution is -0.775. The van der Waals surface area contributed by atoms with Gasteiger partial charge in [0, 0.05) is 55.4 Å². The number of benzene rings is 2. The molecule has 0 amide bonds. The highest BCUT2D eigenvalue weighted by Gasteiger charge is 2.58. The zero-order chi connectivity index (χ0) is 32.7. The summed E-state index contributed by atoms with van der Waals surface area (Å²) in [4.78, 5) is 64.5. The summed E-state index contributed by atoms with van der Waals surface area (Å²) in [6.45, 7) is 8.69. The fourth-order valence-corrected chi connectivity index (χ4v) is 5.97. The van der Waals surface area contributed by atoms with E-state index in [4.69, 9.17) is 28.4 Å². The first kappa shape index (κ1) is 34.3. The zero-order valence-corrected chi connectivity index (χ0v) is 27.8. The second-order valence-corrected chi connectivity index (χ2v) is 10.8. The van der Waals surface area contributed by atoms with E-state index in [-0.39, 0.29) is 17.0 Å². The number of aryl methyl sites for hydroxylation is 2. The standard InChI is InChI=1S/C32H32N2O11.BrH/c1-14-23-13-34(11-10-21(23)15(2)26-25(14)22-12-20(41-16(3)35)8-9-24(22)33-26)31-29(44-19(6)38)27(42-17(4)36)28(43-18(5)37)30(45-31)32(39)40-7;/h8-13,27-31H,1-7H3;1H/t27-,28-,29+,30-,31+;/m0./s1. The molecule has 1 aliphatic rings. The second-order valence-electron chi connectivity index (χ2n) is 10.8. The molecule has 13 nitrogen and oxygen atoms in total. The first-order valence-electron chi connectivity index (χ1n) is 14.1. The molecule has 5 rings (SSSR count). The molecule has 0 spiro atoms. The summed E-state index contributed by atoms with van der Waals surface area (Å²) in [6.07, 6.45) is -3.49. The number of H-pyrrole nitrogens is 1. The molecule has 0 unspecified atom stereocenters. The van der Waals surface area contributed by atoms with E-state index in [1.54, 1.807) is 29.1 Å². The van der Waals surface area contributed by atoms with Gasteiger partial charge >= 0.3 is 36.1 Å². The summed E-state index contributed by atoms with van der Waals surface area (Å²) in [5.74, 6) is -3.17. The molecule has 0 aliphatic carbocycles. The number of nitrogens with one attached hydrogen (secondary N) is 1.